The first-order valence-corrected chi connectivity index (χ1v) is 8.14. The summed E-state index contributed by atoms with van der Waals surface area (Å²) in [6, 6.07) is 12.4. The highest BCUT2D eigenvalue weighted by Gasteiger charge is 2.16. The molecule has 0 saturated carbocycles. The van der Waals surface area contributed by atoms with Gasteiger partial charge in [0.25, 0.3) is 0 Å². The van der Waals surface area contributed by atoms with Crippen molar-refractivity contribution < 1.29 is 23.8 Å². The highest BCUT2D eigenvalue weighted by Crippen LogP contribution is 2.21. The maximum Gasteiger partial charge on any atom is 0.319 e. The number of ether oxygens (including phenoxy) is 1. The number of methoxy groups -OCH3 is 1. The number of amides is 2. The number of rotatable bonds is 8. The first-order chi connectivity index (χ1) is 12.5. The molecule has 0 spiro atoms. The van der Waals surface area contributed by atoms with Gasteiger partial charge in [0.05, 0.1) is 12.8 Å². The summed E-state index contributed by atoms with van der Waals surface area (Å²) in [5, 5.41) is 14.0. The van der Waals surface area contributed by atoms with E-state index in [1.165, 1.54) is 25.3 Å². The molecule has 0 aliphatic carbocycles. The van der Waals surface area contributed by atoms with Crippen molar-refractivity contribution in [3.8, 4) is 5.75 Å². The van der Waals surface area contributed by atoms with Gasteiger partial charge in [0, 0.05) is 18.5 Å². The van der Waals surface area contributed by atoms with Crippen LogP contribution in [0.2, 0.25) is 0 Å². The Hall–Kier alpha value is -3.09. The number of carbonyl (C=O) groups is 2. The minimum absolute atomic E-state index is 0.0152. The molecule has 0 aromatic heterocycles. The van der Waals surface area contributed by atoms with Gasteiger partial charge in [-0.25, -0.2) is 9.18 Å². The molecule has 0 saturated heterocycles. The number of carboxylic acids is 1. The second-order valence-corrected chi connectivity index (χ2v) is 5.76. The topological polar surface area (TPSA) is 87.7 Å². The third kappa shape index (κ3) is 6.08. The molecule has 2 rings (SSSR count). The number of anilines is 1. The van der Waals surface area contributed by atoms with Crippen molar-refractivity contribution in [3.63, 3.8) is 0 Å². The molecule has 0 aliphatic rings. The number of nitrogens with one attached hydrogen (secondary N) is 2. The van der Waals surface area contributed by atoms with Crippen LogP contribution in [0.3, 0.4) is 0 Å². The number of benzene rings is 2. The number of urea groups is 1. The zero-order chi connectivity index (χ0) is 18.9. The number of carbonyl (C=O) groups excluding carboxylic acids is 1. The molecule has 0 radical (unpaired) electrons. The molecule has 7 heteroatoms. The average Bonchev–Trinajstić information content (AvgIpc) is 2.62. The lowest BCUT2D eigenvalue weighted by Crippen LogP contribution is -2.39. The third-order valence-electron chi connectivity index (χ3n) is 3.79. The molecular weight excluding hydrogens is 339 g/mol. The van der Waals surface area contributed by atoms with E-state index in [9.17, 15) is 14.0 Å². The molecule has 2 aromatic carbocycles. The largest absolute Gasteiger partial charge is 0.497 e. The van der Waals surface area contributed by atoms with Crippen molar-refractivity contribution in [2.75, 3.05) is 12.4 Å². The second-order valence-electron chi connectivity index (χ2n) is 5.76. The molecule has 26 heavy (non-hydrogen) atoms. The predicted molar refractivity (Wildman–Crippen MR) is 95.9 cm³/mol. The molecule has 2 amide bonds. The normalized spacial score (nSPS) is 11.5. The zero-order valence-electron chi connectivity index (χ0n) is 14.4. The van der Waals surface area contributed by atoms with Gasteiger partial charge in [-0.05, 0) is 30.5 Å². The lowest BCUT2D eigenvalue weighted by molar-refractivity contribution is -0.137. The SMILES string of the molecule is COc1ccc(F)c(NC(=O)NC(CCC(=O)O)Cc2ccccc2)c1. The van der Waals surface area contributed by atoms with E-state index in [4.69, 9.17) is 9.84 Å². The average molecular weight is 360 g/mol. The highest BCUT2D eigenvalue weighted by atomic mass is 19.1. The molecule has 0 bridgehead atoms. The van der Waals surface area contributed by atoms with Gasteiger partial charge in [0.15, 0.2) is 0 Å². The summed E-state index contributed by atoms with van der Waals surface area (Å²) in [7, 11) is 1.44. The number of hydrogen-bond donors (Lipinski definition) is 3. The maximum absolute atomic E-state index is 13.8. The summed E-state index contributed by atoms with van der Waals surface area (Å²) >= 11 is 0. The van der Waals surface area contributed by atoms with Crippen LogP contribution >= 0.6 is 0 Å². The third-order valence-corrected chi connectivity index (χ3v) is 3.79. The van der Waals surface area contributed by atoms with Crippen LogP contribution in [0.15, 0.2) is 48.5 Å². The highest BCUT2D eigenvalue weighted by molar-refractivity contribution is 5.89. The summed E-state index contributed by atoms with van der Waals surface area (Å²) in [5.74, 6) is -1.12. The fourth-order valence-corrected chi connectivity index (χ4v) is 2.49. The van der Waals surface area contributed by atoms with Crippen LogP contribution < -0.4 is 15.4 Å². The summed E-state index contributed by atoms with van der Waals surface area (Å²) in [5.41, 5.74) is 0.953. The van der Waals surface area contributed by atoms with Gasteiger partial charge < -0.3 is 20.5 Å². The quantitative estimate of drug-likeness (QED) is 0.673. The van der Waals surface area contributed by atoms with Gasteiger partial charge in [-0.15, -0.1) is 0 Å². The molecule has 1 unspecified atom stereocenters. The molecule has 0 fully saturated rings. The Morgan fingerprint density at radius 3 is 2.58 bits per heavy atom. The Morgan fingerprint density at radius 2 is 1.92 bits per heavy atom. The van der Waals surface area contributed by atoms with Gasteiger partial charge in [-0.3, -0.25) is 4.79 Å². The first kappa shape index (κ1) is 19.2. The molecule has 2 aromatic rings. The number of carboxylic acid groups (broad SMARTS) is 1. The van der Waals surface area contributed by atoms with Crippen LogP contribution in [0.4, 0.5) is 14.9 Å². The minimum atomic E-state index is -0.941. The Morgan fingerprint density at radius 1 is 1.19 bits per heavy atom. The summed E-state index contributed by atoms with van der Waals surface area (Å²) < 4.78 is 18.8. The lowest BCUT2D eigenvalue weighted by atomic mass is 10.0. The van der Waals surface area contributed by atoms with Crippen LogP contribution in [0.5, 0.6) is 5.75 Å². The Bertz CT molecular complexity index is 752. The standard InChI is InChI=1S/C19H21FN2O4/c1-26-15-8-9-16(20)17(12-15)22-19(25)21-14(7-10-18(23)24)11-13-5-3-2-4-6-13/h2-6,8-9,12,14H,7,10-11H2,1H3,(H,23,24)(H2,21,22,25). The van der Waals surface area contributed by atoms with Crippen LogP contribution in [0.25, 0.3) is 0 Å². The van der Waals surface area contributed by atoms with Crippen molar-refractivity contribution >= 4 is 17.7 Å². The van der Waals surface area contributed by atoms with E-state index in [-0.39, 0.29) is 18.5 Å². The monoisotopic (exact) mass is 360 g/mol. The Labute approximate surface area is 151 Å². The zero-order valence-corrected chi connectivity index (χ0v) is 14.4. The molecule has 138 valence electrons. The van der Waals surface area contributed by atoms with E-state index in [1.807, 2.05) is 30.3 Å². The summed E-state index contributed by atoms with van der Waals surface area (Å²) in [6.45, 7) is 0. The number of aliphatic carboxylic acids is 1. The van der Waals surface area contributed by atoms with E-state index in [0.717, 1.165) is 5.56 Å². The lowest BCUT2D eigenvalue weighted by Gasteiger charge is -2.19. The van der Waals surface area contributed by atoms with Crippen molar-refractivity contribution in [1.29, 1.82) is 0 Å². The van der Waals surface area contributed by atoms with Gasteiger partial charge in [0.1, 0.15) is 11.6 Å². The molecular formula is C19H21FN2O4. The fourth-order valence-electron chi connectivity index (χ4n) is 2.49. The summed E-state index contributed by atoms with van der Waals surface area (Å²) in [6.07, 6.45) is 0.658. The van der Waals surface area contributed by atoms with Gasteiger partial charge in [-0.2, -0.15) is 0 Å². The van der Waals surface area contributed by atoms with Gasteiger partial charge in [0.2, 0.25) is 0 Å². The summed E-state index contributed by atoms with van der Waals surface area (Å²) in [4.78, 5) is 23.1. The predicted octanol–water partition coefficient (Wildman–Crippen LogP) is 3.43. The van der Waals surface area contributed by atoms with Crippen LogP contribution in [0, 0.1) is 5.82 Å². The van der Waals surface area contributed by atoms with E-state index < -0.39 is 23.9 Å². The van der Waals surface area contributed by atoms with Crippen LogP contribution in [-0.4, -0.2) is 30.3 Å². The van der Waals surface area contributed by atoms with E-state index in [1.54, 1.807) is 0 Å². The van der Waals surface area contributed by atoms with Crippen molar-refractivity contribution in [1.82, 2.24) is 5.32 Å². The van der Waals surface area contributed by atoms with Crippen LogP contribution in [0.1, 0.15) is 18.4 Å². The molecule has 3 N–H and O–H groups in total. The van der Waals surface area contributed by atoms with Gasteiger partial charge in [-0.1, -0.05) is 30.3 Å². The number of hydrogen-bond acceptors (Lipinski definition) is 3. The van der Waals surface area contributed by atoms with Crippen LogP contribution in [-0.2, 0) is 11.2 Å². The molecule has 0 heterocycles. The van der Waals surface area contributed by atoms with Crippen molar-refractivity contribution in [2.24, 2.45) is 0 Å². The Balaban J connectivity index is 2.03. The molecule has 0 aliphatic heterocycles. The molecule has 6 nitrogen and oxygen atoms in total. The second kappa shape index (κ2) is 9.41. The van der Waals surface area contributed by atoms with Gasteiger partial charge >= 0.3 is 12.0 Å². The van der Waals surface area contributed by atoms with E-state index in [0.29, 0.717) is 12.2 Å². The van der Waals surface area contributed by atoms with Crippen molar-refractivity contribution in [3.05, 3.63) is 59.9 Å². The van der Waals surface area contributed by atoms with E-state index in [2.05, 4.69) is 10.6 Å². The fraction of sp³-hybridized carbons (Fsp3) is 0.263. The number of halogens is 1. The smallest absolute Gasteiger partial charge is 0.319 e. The van der Waals surface area contributed by atoms with Crippen molar-refractivity contribution in [2.45, 2.75) is 25.3 Å². The Kier molecular flexibility index (Phi) is 6.96. The maximum atomic E-state index is 13.8. The minimum Gasteiger partial charge on any atom is -0.497 e. The van der Waals surface area contributed by atoms with E-state index >= 15 is 0 Å². The molecule has 1 atom stereocenters. The first-order valence-electron chi connectivity index (χ1n) is 8.14.